The van der Waals surface area contributed by atoms with Crippen LogP contribution in [-0.4, -0.2) is 30.5 Å². The second-order valence-electron chi connectivity index (χ2n) is 7.62. The Morgan fingerprint density at radius 2 is 1.67 bits per heavy atom. The van der Waals surface area contributed by atoms with Crippen molar-refractivity contribution in [3.8, 4) is 0 Å². The molecule has 27 heavy (non-hydrogen) atoms. The number of carbonyl (C=O) groups is 1. The van der Waals surface area contributed by atoms with Gasteiger partial charge < -0.3 is 15.4 Å². The molecule has 0 saturated carbocycles. The van der Waals surface area contributed by atoms with Crippen molar-refractivity contribution in [2.75, 3.05) is 19.6 Å². The van der Waals surface area contributed by atoms with Gasteiger partial charge in [0.1, 0.15) is 6.61 Å². The number of rotatable bonds is 7. The van der Waals surface area contributed by atoms with Crippen LogP contribution in [0.15, 0.2) is 60.7 Å². The van der Waals surface area contributed by atoms with Gasteiger partial charge in [0, 0.05) is 12.6 Å². The summed E-state index contributed by atoms with van der Waals surface area (Å²) in [5.41, 5.74) is 8.49. The number of benzene rings is 2. The molecule has 0 aliphatic carbocycles. The van der Waals surface area contributed by atoms with Crippen molar-refractivity contribution in [1.82, 2.24) is 4.90 Å². The molecule has 0 aromatic heterocycles. The van der Waals surface area contributed by atoms with Crippen LogP contribution < -0.4 is 5.73 Å². The van der Waals surface area contributed by atoms with E-state index in [4.69, 9.17) is 10.5 Å². The van der Waals surface area contributed by atoms with Gasteiger partial charge in [-0.25, -0.2) is 0 Å². The highest BCUT2D eigenvalue weighted by molar-refractivity contribution is 5.74. The monoisotopic (exact) mass is 366 g/mol. The van der Waals surface area contributed by atoms with Gasteiger partial charge >= 0.3 is 5.97 Å². The van der Waals surface area contributed by atoms with E-state index < -0.39 is 0 Å². The van der Waals surface area contributed by atoms with Gasteiger partial charge in [-0.15, -0.1) is 0 Å². The van der Waals surface area contributed by atoms with E-state index in [1.54, 1.807) is 0 Å². The summed E-state index contributed by atoms with van der Waals surface area (Å²) in [6.45, 7) is 5.26. The lowest BCUT2D eigenvalue weighted by Gasteiger charge is -2.34. The second-order valence-corrected chi connectivity index (χ2v) is 7.62. The molecule has 0 bridgehead atoms. The Balaban J connectivity index is 1.69. The van der Waals surface area contributed by atoms with Crippen molar-refractivity contribution >= 4 is 5.97 Å². The largest absolute Gasteiger partial charge is 0.461 e. The lowest BCUT2D eigenvalue weighted by molar-refractivity contribution is -0.151. The first kappa shape index (κ1) is 19.6. The Labute approximate surface area is 162 Å². The van der Waals surface area contributed by atoms with Crippen molar-refractivity contribution in [2.24, 2.45) is 17.6 Å². The van der Waals surface area contributed by atoms with E-state index in [1.165, 1.54) is 12.8 Å². The second kappa shape index (κ2) is 9.67. The summed E-state index contributed by atoms with van der Waals surface area (Å²) >= 11 is 0. The number of esters is 1. The number of hydrogen-bond donors (Lipinski definition) is 1. The van der Waals surface area contributed by atoms with Gasteiger partial charge in [-0.1, -0.05) is 67.6 Å². The van der Waals surface area contributed by atoms with Crippen molar-refractivity contribution in [3.63, 3.8) is 0 Å². The molecule has 0 radical (unpaired) electrons. The molecule has 1 fully saturated rings. The Bertz CT molecular complexity index is 697. The third-order valence-corrected chi connectivity index (χ3v) is 5.48. The molecule has 2 atom stereocenters. The number of nitrogens with zero attached hydrogens (tertiary/aromatic N) is 1. The Kier molecular flexibility index (Phi) is 7.02. The summed E-state index contributed by atoms with van der Waals surface area (Å²) in [5.74, 6) is 0.172. The van der Waals surface area contributed by atoms with Gasteiger partial charge in [0.2, 0.25) is 0 Å². The minimum atomic E-state index is -0.371. The summed E-state index contributed by atoms with van der Waals surface area (Å²) in [6, 6.07) is 19.3. The molecule has 1 heterocycles. The number of hydrogen-bond acceptors (Lipinski definition) is 4. The molecular weight excluding hydrogens is 336 g/mol. The van der Waals surface area contributed by atoms with Crippen molar-refractivity contribution in [2.45, 2.75) is 32.4 Å². The van der Waals surface area contributed by atoms with E-state index in [1.807, 2.05) is 60.7 Å². The highest BCUT2D eigenvalue weighted by atomic mass is 16.5. The number of nitrogens with two attached hydrogens (primary N) is 1. The SMILES string of the molecule is CC1CCN(CC(C(=O)OCc2ccccc2)C(N)c2ccccc2)CC1. The first-order valence-corrected chi connectivity index (χ1v) is 9.87. The molecule has 3 rings (SSSR count). The molecule has 0 spiro atoms. The van der Waals surface area contributed by atoms with E-state index in [0.29, 0.717) is 6.54 Å². The predicted octanol–water partition coefficient (Wildman–Crippen LogP) is 3.78. The Hall–Kier alpha value is -2.17. The zero-order valence-corrected chi connectivity index (χ0v) is 16.1. The fourth-order valence-electron chi connectivity index (χ4n) is 3.60. The third-order valence-electron chi connectivity index (χ3n) is 5.48. The zero-order chi connectivity index (χ0) is 19.1. The molecule has 2 aromatic carbocycles. The van der Waals surface area contributed by atoms with E-state index in [-0.39, 0.29) is 24.5 Å². The van der Waals surface area contributed by atoms with Crippen LogP contribution >= 0.6 is 0 Å². The smallest absolute Gasteiger partial charge is 0.312 e. The Morgan fingerprint density at radius 1 is 1.07 bits per heavy atom. The van der Waals surface area contributed by atoms with Gasteiger partial charge in [0.15, 0.2) is 0 Å². The number of carbonyl (C=O) groups excluding carboxylic acids is 1. The quantitative estimate of drug-likeness (QED) is 0.758. The highest BCUT2D eigenvalue weighted by Crippen LogP contribution is 2.25. The third kappa shape index (κ3) is 5.65. The minimum absolute atomic E-state index is 0.214. The molecular formula is C23H30N2O2. The topological polar surface area (TPSA) is 55.6 Å². The number of likely N-dealkylation sites (tertiary alicyclic amines) is 1. The average Bonchev–Trinajstić information content (AvgIpc) is 2.72. The predicted molar refractivity (Wildman–Crippen MR) is 108 cm³/mol. The van der Waals surface area contributed by atoms with E-state index in [2.05, 4.69) is 11.8 Å². The molecule has 2 unspecified atom stereocenters. The van der Waals surface area contributed by atoms with Crippen LogP contribution in [0.4, 0.5) is 0 Å². The fraction of sp³-hybridized carbons (Fsp3) is 0.435. The lowest BCUT2D eigenvalue weighted by atomic mass is 9.91. The maximum absolute atomic E-state index is 12.9. The molecule has 4 nitrogen and oxygen atoms in total. The van der Waals surface area contributed by atoms with Crippen molar-refractivity contribution in [3.05, 3.63) is 71.8 Å². The molecule has 4 heteroatoms. The molecule has 1 aliphatic heterocycles. The summed E-state index contributed by atoms with van der Waals surface area (Å²) in [4.78, 5) is 15.3. The van der Waals surface area contributed by atoms with Gasteiger partial charge in [0.25, 0.3) is 0 Å². The van der Waals surface area contributed by atoms with Crippen LogP contribution in [0.25, 0.3) is 0 Å². The van der Waals surface area contributed by atoms with Crippen LogP contribution in [0.5, 0.6) is 0 Å². The lowest BCUT2D eigenvalue weighted by Crippen LogP contribution is -2.43. The van der Waals surface area contributed by atoms with Crippen molar-refractivity contribution in [1.29, 1.82) is 0 Å². The molecule has 2 N–H and O–H groups in total. The molecule has 1 saturated heterocycles. The van der Waals surface area contributed by atoms with Gasteiger partial charge in [-0.3, -0.25) is 4.79 Å². The summed E-state index contributed by atoms with van der Waals surface area (Å²) in [6.07, 6.45) is 2.35. The number of ether oxygens (including phenoxy) is 1. The fourth-order valence-corrected chi connectivity index (χ4v) is 3.60. The number of piperidine rings is 1. The van der Waals surface area contributed by atoms with Gasteiger partial charge in [0.05, 0.1) is 5.92 Å². The molecule has 2 aromatic rings. The van der Waals surface area contributed by atoms with Gasteiger partial charge in [-0.05, 0) is 43.0 Å². The summed E-state index contributed by atoms with van der Waals surface area (Å²) in [5, 5.41) is 0. The van der Waals surface area contributed by atoms with Crippen LogP contribution in [0, 0.1) is 11.8 Å². The van der Waals surface area contributed by atoms with E-state index in [9.17, 15) is 4.79 Å². The summed E-state index contributed by atoms with van der Waals surface area (Å²) < 4.78 is 5.65. The van der Waals surface area contributed by atoms with Crippen LogP contribution in [-0.2, 0) is 16.1 Å². The first-order chi connectivity index (χ1) is 13.1. The van der Waals surface area contributed by atoms with Crippen molar-refractivity contribution < 1.29 is 9.53 Å². The zero-order valence-electron chi connectivity index (χ0n) is 16.1. The first-order valence-electron chi connectivity index (χ1n) is 9.87. The maximum atomic E-state index is 12.9. The average molecular weight is 367 g/mol. The van der Waals surface area contributed by atoms with E-state index >= 15 is 0 Å². The van der Waals surface area contributed by atoms with Crippen LogP contribution in [0.3, 0.4) is 0 Å². The minimum Gasteiger partial charge on any atom is -0.461 e. The normalized spacial score (nSPS) is 18.0. The van der Waals surface area contributed by atoms with Crippen LogP contribution in [0.2, 0.25) is 0 Å². The maximum Gasteiger partial charge on any atom is 0.312 e. The standard InChI is InChI=1S/C23H30N2O2/c1-18-12-14-25(15-13-18)16-21(22(24)20-10-6-3-7-11-20)23(26)27-17-19-8-4-2-5-9-19/h2-11,18,21-22H,12-17,24H2,1H3. The van der Waals surface area contributed by atoms with Crippen LogP contribution in [0.1, 0.15) is 36.9 Å². The highest BCUT2D eigenvalue weighted by Gasteiger charge is 2.31. The van der Waals surface area contributed by atoms with Gasteiger partial charge in [-0.2, -0.15) is 0 Å². The molecule has 144 valence electrons. The van der Waals surface area contributed by atoms with E-state index in [0.717, 1.165) is 30.1 Å². The summed E-state index contributed by atoms with van der Waals surface area (Å²) in [7, 11) is 0. The Morgan fingerprint density at radius 3 is 2.30 bits per heavy atom. The molecule has 0 amide bonds. The molecule has 1 aliphatic rings.